The molecule has 4 unspecified atom stereocenters. The van der Waals surface area contributed by atoms with Gasteiger partial charge in [0.2, 0.25) is 11.8 Å². The zero-order valence-corrected chi connectivity index (χ0v) is 15.4. The predicted octanol–water partition coefficient (Wildman–Crippen LogP) is 1.06. The van der Waals surface area contributed by atoms with Crippen LogP contribution in [-0.4, -0.2) is 67.4 Å². The van der Waals surface area contributed by atoms with Gasteiger partial charge in [0.15, 0.2) is 12.1 Å². The molecule has 4 atom stereocenters. The smallest absolute Gasteiger partial charge is 0.408 e. The van der Waals surface area contributed by atoms with E-state index < -0.39 is 35.9 Å². The highest BCUT2D eigenvalue weighted by atomic mass is 16.6. The zero-order chi connectivity index (χ0) is 18.8. The van der Waals surface area contributed by atoms with Crippen molar-refractivity contribution in [3.63, 3.8) is 0 Å². The number of carbonyl (C=O) groups excluding carboxylic acids is 2. The summed E-state index contributed by atoms with van der Waals surface area (Å²) in [5, 5.41) is 2.59. The third-order valence-electron chi connectivity index (χ3n) is 3.55. The van der Waals surface area contributed by atoms with Crippen LogP contribution >= 0.6 is 0 Å². The van der Waals surface area contributed by atoms with Gasteiger partial charge in [-0.1, -0.05) is 0 Å². The average molecular weight is 355 g/mol. The molecule has 0 saturated heterocycles. The lowest BCUT2D eigenvalue weighted by molar-refractivity contribution is -0.143. The summed E-state index contributed by atoms with van der Waals surface area (Å²) in [7, 11) is 1.31. The van der Waals surface area contributed by atoms with Gasteiger partial charge in [-0.25, -0.2) is 19.6 Å². The Morgan fingerprint density at radius 3 is 2.44 bits per heavy atom. The summed E-state index contributed by atoms with van der Waals surface area (Å²) in [4.78, 5) is 32.0. The van der Waals surface area contributed by atoms with E-state index >= 15 is 0 Å². The van der Waals surface area contributed by atoms with E-state index in [-0.39, 0.29) is 12.6 Å². The van der Waals surface area contributed by atoms with Crippen LogP contribution in [0.3, 0.4) is 0 Å². The molecule has 0 aromatic rings. The van der Waals surface area contributed by atoms with Gasteiger partial charge in [-0.05, 0) is 34.6 Å². The van der Waals surface area contributed by atoms with Crippen LogP contribution in [0.25, 0.3) is 0 Å². The highest BCUT2D eigenvalue weighted by Crippen LogP contribution is 2.23. The summed E-state index contributed by atoms with van der Waals surface area (Å²) >= 11 is 0. The lowest BCUT2D eigenvalue weighted by Gasteiger charge is -2.19. The summed E-state index contributed by atoms with van der Waals surface area (Å²) in [6, 6.07) is -1.17. The second-order valence-corrected chi connectivity index (χ2v) is 6.90. The van der Waals surface area contributed by atoms with Crippen molar-refractivity contribution in [2.24, 2.45) is 9.98 Å². The lowest BCUT2D eigenvalue weighted by atomic mass is 10.2. The fraction of sp³-hybridized carbons (Fsp3) is 0.750. The van der Waals surface area contributed by atoms with Crippen LogP contribution in [0.4, 0.5) is 4.79 Å². The van der Waals surface area contributed by atoms with Crippen molar-refractivity contribution in [3.8, 4) is 0 Å². The number of hydrogen-bond acceptors (Lipinski definition) is 8. The molecule has 0 fully saturated rings. The second-order valence-electron chi connectivity index (χ2n) is 6.90. The summed E-state index contributed by atoms with van der Waals surface area (Å²) in [6.07, 6.45) is -1.30. The number of aliphatic imine (C=N–C) groups is 2. The maximum atomic E-state index is 11.7. The molecule has 140 valence electrons. The highest BCUT2D eigenvalue weighted by Gasteiger charge is 2.41. The number of alkyl carbamates (subject to hydrolysis) is 1. The summed E-state index contributed by atoms with van der Waals surface area (Å²) in [5.74, 6) is 0.233. The predicted molar refractivity (Wildman–Crippen MR) is 89.8 cm³/mol. The largest absolute Gasteiger partial charge is 0.474 e. The van der Waals surface area contributed by atoms with Gasteiger partial charge in [0.25, 0.3) is 0 Å². The maximum absolute atomic E-state index is 11.7. The second kappa shape index (κ2) is 7.28. The van der Waals surface area contributed by atoms with E-state index in [1.165, 1.54) is 7.11 Å². The fourth-order valence-electron chi connectivity index (χ4n) is 2.41. The van der Waals surface area contributed by atoms with Gasteiger partial charge in [-0.2, -0.15) is 0 Å². The SMILES string of the molecule is COC(=O)C1N=C(C2N=C(CNC(=O)OC(C)(C)C)OC2C)OC1C. The summed E-state index contributed by atoms with van der Waals surface area (Å²) in [5.41, 5.74) is -0.580. The topological polar surface area (TPSA) is 108 Å². The first kappa shape index (κ1) is 19.0. The van der Waals surface area contributed by atoms with Crippen LogP contribution in [0.2, 0.25) is 0 Å². The van der Waals surface area contributed by atoms with E-state index in [0.29, 0.717) is 11.8 Å². The molecule has 2 heterocycles. The molecule has 9 nitrogen and oxygen atoms in total. The minimum atomic E-state index is -0.702. The van der Waals surface area contributed by atoms with E-state index in [1.54, 1.807) is 27.7 Å². The molecule has 0 aromatic carbocycles. The van der Waals surface area contributed by atoms with Crippen LogP contribution in [-0.2, 0) is 23.7 Å². The minimum Gasteiger partial charge on any atom is -0.474 e. The van der Waals surface area contributed by atoms with Gasteiger partial charge in [-0.3, -0.25) is 0 Å². The Morgan fingerprint density at radius 1 is 1.16 bits per heavy atom. The molecule has 0 aromatic heterocycles. The number of rotatable bonds is 4. The van der Waals surface area contributed by atoms with Crippen molar-refractivity contribution in [1.29, 1.82) is 0 Å². The molecular formula is C16H25N3O6. The molecule has 2 rings (SSSR count). The Morgan fingerprint density at radius 2 is 1.84 bits per heavy atom. The van der Waals surface area contributed by atoms with Crippen molar-refractivity contribution in [1.82, 2.24) is 5.32 Å². The number of methoxy groups -OCH3 is 1. The van der Waals surface area contributed by atoms with E-state index in [9.17, 15) is 9.59 Å². The number of nitrogens with one attached hydrogen (secondary N) is 1. The molecule has 0 aliphatic carbocycles. The van der Waals surface area contributed by atoms with E-state index in [2.05, 4.69) is 15.3 Å². The van der Waals surface area contributed by atoms with Crippen LogP contribution in [0.5, 0.6) is 0 Å². The molecule has 0 radical (unpaired) electrons. The Hall–Kier alpha value is -2.32. The number of ether oxygens (including phenoxy) is 4. The van der Waals surface area contributed by atoms with Crippen molar-refractivity contribution in [3.05, 3.63) is 0 Å². The quantitative estimate of drug-likeness (QED) is 0.756. The molecule has 1 N–H and O–H groups in total. The molecule has 2 aliphatic rings. The third kappa shape index (κ3) is 4.83. The van der Waals surface area contributed by atoms with E-state index in [4.69, 9.17) is 18.9 Å². The summed E-state index contributed by atoms with van der Waals surface area (Å²) in [6.45, 7) is 9.00. The molecular weight excluding hydrogens is 330 g/mol. The molecule has 0 spiro atoms. The highest BCUT2D eigenvalue weighted by molar-refractivity contribution is 5.94. The maximum Gasteiger partial charge on any atom is 0.408 e. The standard InChI is InChI=1S/C16H25N3O6/c1-8-11(13-19-12(9(2)24-13)14(20)22-6)18-10(23-8)7-17-15(21)25-16(3,4)5/h8-9,11-12H,7H2,1-6H3,(H,17,21). The average Bonchev–Trinajstić information content (AvgIpc) is 3.05. The molecule has 0 saturated carbocycles. The van der Waals surface area contributed by atoms with Crippen LogP contribution in [0.15, 0.2) is 9.98 Å². The van der Waals surface area contributed by atoms with Crippen molar-refractivity contribution in [2.75, 3.05) is 13.7 Å². The van der Waals surface area contributed by atoms with Gasteiger partial charge in [-0.15, -0.1) is 0 Å². The van der Waals surface area contributed by atoms with E-state index in [0.717, 1.165) is 0 Å². The Kier molecular flexibility index (Phi) is 5.54. The van der Waals surface area contributed by atoms with Gasteiger partial charge < -0.3 is 24.3 Å². The molecule has 9 heteroatoms. The van der Waals surface area contributed by atoms with Crippen molar-refractivity contribution in [2.45, 2.75) is 64.5 Å². The lowest BCUT2D eigenvalue weighted by Crippen LogP contribution is -2.35. The van der Waals surface area contributed by atoms with Crippen LogP contribution in [0, 0.1) is 0 Å². The molecule has 2 aliphatic heterocycles. The first-order chi connectivity index (χ1) is 11.6. The Balaban J connectivity index is 1.97. The van der Waals surface area contributed by atoms with Gasteiger partial charge in [0.1, 0.15) is 17.8 Å². The third-order valence-corrected chi connectivity index (χ3v) is 3.55. The number of hydrogen-bond donors (Lipinski definition) is 1. The molecule has 0 bridgehead atoms. The minimum absolute atomic E-state index is 0.0962. The number of esters is 1. The first-order valence-electron chi connectivity index (χ1n) is 8.13. The molecule has 25 heavy (non-hydrogen) atoms. The number of nitrogens with zero attached hydrogens (tertiary/aromatic N) is 2. The summed E-state index contributed by atoms with van der Waals surface area (Å²) < 4.78 is 21.1. The van der Waals surface area contributed by atoms with Gasteiger partial charge in [0.05, 0.1) is 13.7 Å². The Labute approximate surface area is 146 Å². The van der Waals surface area contributed by atoms with E-state index in [1.807, 2.05) is 6.92 Å². The first-order valence-corrected chi connectivity index (χ1v) is 8.13. The van der Waals surface area contributed by atoms with Gasteiger partial charge >= 0.3 is 12.1 Å². The monoisotopic (exact) mass is 355 g/mol. The van der Waals surface area contributed by atoms with Gasteiger partial charge in [0, 0.05) is 0 Å². The number of carbonyl (C=O) groups is 2. The van der Waals surface area contributed by atoms with Crippen molar-refractivity contribution < 1.29 is 28.5 Å². The Bertz CT molecular complexity index is 595. The fourth-order valence-corrected chi connectivity index (χ4v) is 2.41. The van der Waals surface area contributed by atoms with Crippen molar-refractivity contribution >= 4 is 23.9 Å². The zero-order valence-electron chi connectivity index (χ0n) is 15.4. The number of amides is 1. The van der Waals surface area contributed by atoms with Crippen LogP contribution in [0.1, 0.15) is 34.6 Å². The normalized spacial score (nSPS) is 28.4. The van der Waals surface area contributed by atoms with Crippen LogP contribution < -0.4 is 5.32 Å². The molecule has 1 amide bonds.